The lowest BCUT2D eigenvalue weighted by Gasteiger charge is -2.49. The van der Waals surface area contributed by atoms with Gasteiger partial charge in [0.1, 0.15) is 5.75 Å². The second kappa shape index (κ2) is 6.53. The molecule has 1 N–H and O–H groups in total. The highest BCUT2D eigenvalue weighted by molar-refractivity contribution is 7.11. The van der Waals surface area contributed by atoms with Gasteiger partial charge in [-0.15, -0.1) is 0 Å². The van der Waals surface area contributed by atoms with Gasteiger partial charge in [-0.05, 0) is 63.0 Å². The molecule has 2 atom stereocenters. The molecule has 126 valence electrons. The first-order chi connectivity index (χ1) is 11.7. The lowest BCUT2D eigenvalue weighted by molar-refractivity contribution is 0.0217. The van der Waals surface area contributed by atoms with Crippen LogP contribution in [0.15, 0.2) is 36.0 Å². The molecule has 5 rings (SSSR count). The first-order valence-corrected chi connectivity index (χ1v) is 9.30. The standard InChI is InChI=1S/C18H21N3O2S/c1-12-17(13-6-8-21(12)9-7-13)20-18(22)14-2-4-15(5-3-14)23-16-10-19-11-24-16/h2-5,10-13,17H,6-9H2,1H3,(H,20,22). The molecule has 4 heterocycles. The van der Waals surface area contributed by atoms with Crippen molar-refractivity contribution in [3.8, 4) is 10.8 Å². The second-order valence-electron chi connectivity index (χ2n) is 6.56. The highest BCUT2D eigenvalue weighted by Gasteiger charge is 2.40. The molecule has 24 heavy (non-hydrogen) atoms. The van der Waals surface area contributed by atoms with Crippen LogP contribution >= 0.6 is 11.3 Å². The van der Waals surface area contributed by atoms with Crippen molar-refractivity contribution < 1.29 is 9.53 Å². The zero-order valence-corrected chi connectivity index (χ0v) is 14.5. The van der Waals surface area contributed by atoms with E-state index in [1.54, 1.807) is 11.7 Å². The zero-order valence-electron chi connectivity index (χ0n) is 13.6. The summed E-state index contributed by atoms with van der Waals surface area (Å²) in [6, 6.07) is 7.97. The van der Waals surface area contributed by atoms with Crippen molar-refractivity contribution in [2.24, 2.45) is 5.92 Å². The Bertz CT molecular complexity index is 692. The first-order valence-electron chi connectivity index (χ1n) is 8.42. The molecular formula is C18H21N3O2S. The first kappa shape index (κ1) is 15.6. The maximum atomic E-state index is 12.6. The molecule has 0 radical (unpaired) electrons. The van der Waals surface area contributed by atoms with E-state index >= 15 is 0 Å². The normalized spacial score (nSPS) is 28.5. The van der Waals surface area contributed by atoms with Crippen LogP contribution < -0.4 is 10.1 Å². The molecule has 2 unspecified atom stereocenters. The lowest BCUT2D eigenvalue weighted by Crippen LogP contribution is -2.62. The summed E-state index contributed by atoms with van der Waals surface area (Å²) in [7, 11) is 0. The molecule has 3 aliphatic rings. The number of amides is 1. The van der Waals surface area contributed by atoms with Crippen LogP contribution in [0.4, 0.5) is 0 Å². The third kappa shape index (κ3) is 3.03. The van der Waals surface area contributed by atoms with Crippen LogP contribution in [0.25, 0.3) is 0 Å². The number of benzene rings is 1. The van der Waals surface area contributed by atoms with Gasteiger partial charge < -0.3 is 10.1 Å². The Balaban J connectivity index is 1.41. The number of ether oxygens (including phenoxy) is 1. The predicted octanol–water partition coefficient (Wildman–Crippen LogP) is 3.15. The van der Waals surface area contributed by atoms with Gasteiger partial charge in [-0.3, -0.25) is 9.69 Å². The van der Waals surface area contributed by atoms with Gasteiger partial charge in [0.05, 0.1) is 11.7 Å². The summed E-state index contributed by atoms with van der Waals surface area (Å²) in [6.45, 7) is 4.56. The van der Waals surface area contributed by atoms with Crippen molar-refractivity contribution >= 4 is 17.2 Å². The van der Waals surface area contributed by atoms with Crippen molar-refractivity contribution in [1.82, 2.24) is 15.2 Å². The van der Waals surface area contributed by atoms with E-state index in [4.69, 9.17) is 4.74 Å². The minimum absolute atomic E-state index is 0.00457. The Morgan fingerprint density at radius 1 is 1.29 bits per heavy atom. The lowest BCUT2D eigenvalue weighted by atomic mass is 9.79. The molecule has 3 aliphatic heterocycles. The Morgan fingerprint density at radius 2 is 2.04 bits per heavy atom. The molecule has 0 spiro atoms. The molecule has 2 bridgehead atoms. The Hall–Kier alpha value is -1.92. The Kier molecular flexibility index (Phi) is 4.24. The van der Waals surface area contributed by atoms with E-state index in [1.165, 1.54) is 37.3 Å². The van der Waals surface area contributed by atoms with E-state index in [0.717, 1.165) is 5.06 Å². The molecule has 3 saturated heterocycles. The third-order valence-corrected chi connectivity index (χ3v) is 5.87. The topological polar surface area (TPSA) is 54.5 Å². The van der Waals surface area contributed by atoms with Crippen LogP contribution in [-0.2, 0) is 0 Å². The van der Waals surface area contributed by atoms with Crippen molar-refractivity contribution in [3.63, 3.8) is 0 Å². The Labute approximate surface area is 145 Å². The van der Waals surface area contributed by atoms with Crippen molar-refractivity contribution in [3.05, 3.63) is 41.5 Å². The maximum absolute atomic E-state index is 12.6. The average Bonchev–Trinajstić information content (AvgIpc) is 3.12. The van der Waals surface area contributed by atoms with E-state index in [1.807, 2.05) is 24.3 Å². The fourth-order valence-corrected chi connectivity index (χ4v) is 4.32. The van der Waals surface area contributed by atoms with Gasteiger partial charge in [-0.2, -0.15) is 0 Å². The molecule has 1 aromatic carbocycles. The highest BCUT2D eigenvalue weighted by atomic mass is 32.1. The zero-order chi connectivity index (χ0) is 16.5. The molecule has 0 aliphatic carbocycles. The number of carbonyl (C=O) groups is 1. The number of hydrogen-bond donors (Lipinski definition) is 1. The number of nitrogens with zero attached hydrogens (tertiary/aromatic N) is 2. The van der Waals surface area contributed by atoms with Crippen LogP contribution in [0, 0.1) is 5.92 Å². The quantitative estimate of drug-likeness (QED) is 0.926. The van der Waals surface area contributed by atoms with Crippen molar-refractivity contribution in [2.45, 2.75) is 31.8 Å². The van der Waals surface area contributed by atoms with E-state index in [-0.39, 0.29) is 11.9 Å². The molecule has 1 amide bonds. The summed E-state index contributed by atoms with van der Waals surface area (Å²) in [5, 5.41) is 4.00. The van der Waals surface area contributed by atoms with Crippen LogP contribution in [0.3, 0.4) is 0 Å². The molecule has 5 nitrogen and oxygen atoms in total. The van der Waals surface area contributed by atoms with Crippen LogP contribution in [0.1, 0.15) is 30.1 Å². The van der Waals surface area contributed by atoms with Crippen LogP contribution in [0.2, 0.25) is 0 Å². The highest BCUT2D eigenvalue weighted by Crippen LogP contribution is 2.32. The maximum Gasteiger partial charge on any atom is 0.251 e. The second-order valence-corrected chi connectivity index (χ2v) is 7.41. The van der Waals surface area contributed by atoms with Gasteiger partial charge in [0, 0.05) is 17.6 Å². The minimum Gasteiger partial charge on any atom is -0.445 e. The third-order valence-electron chi connectivity index (χ3n) is 5.22. The summed E-state index contributed by atoms with van der Waals surface area (Å²) in [6.07, 6.45) is 4.06. The summed E-state index contributed by atoms with van der Waals surface area (Å²) in [5.74, 6) is 1.33. The molecule has 1 aromatic heterocycles. The predicted molar refractivity (Wildman–Crippen MR) is 93.6 cm³/mol. The van der Waals surface area contributed by atoms with Gasteiger partial charge in [0.15, 0.2) is 0 Å². The monoisotopic (exact) mass is 343 g/mol. The number of aromatic nitrogens is 1. The molecular weight excluding hydrogens is 322 g/mol. The van der Waals surface area contributed by atoms with E-state index in [9.17, 15) is 4.79 Å². The molecule has 2 aromatic rings. The summed E-state index contributed by atoms with van der Waals surface area (Å²) in [4.78, 5) is 19.0. The fourth-order valence-electron chi connectivity index (χ4n) is 3.82. The van der Waals surface area contributed by atoms with Crippen molar-refractivity contribution in [2.75, 3.05) is 13.1 Å². The van der Waals surface area contributed by atoms with Gasteiger partial charge >= 0.3 is 0 Å². The van der Waals surface area contributed by atoms with E-state index < -0.39 is 0 Å². The minimum atomic E-state index is 0.00457. The smallest absolute Gasteiger partial charge is 0.251 e. The number of nitrogens with one attached hydrogen (secondary N) is 1. The number of fused-ring (bicyclic) bond motifs is 3. The fraction of sp³-hybridized carbons (Fsp3) is 0.444. The number of hydrogen-bond acceptors (Lipinski definition) is 5. The van der Waals surface area contributed by atoms with E-state index in [2.05, 4.69) is 22.1 Å². The molecule has 6 heteroatoms. The number of thiazole rings is 1. The molecule has 3 fully saturated rings. The number of carbonyl (C=O) groups excluding carboxylic acids is 1. The Morgan fingerprint density at radius 3 is 2.67 bits per heavy atom. The van der Waals surface area contributed by atoms with Gasteiger partial charge in [0.25, 0.3) is 5.91 Å². The SMILES string of the molecule is CC1C(NC(=O)c2ccc(Oc3cncs3)cc2)C2CCN1CC2. The van der Waals surface area contributed by atoms with Gasteiger partial charge in [0.2, 0.25) is 5.06 Å². The average molecular weight is 343 g/mol. The summed E-state index contributed by atoms with van der Waals surface area (Å²) >= 11 is 1.44. The largest absolute Gasteiger partial charge is 0.445 e. The van der Waals surface area contributed by atoms with Crippen LogP contribution in [0.5, 0.6) is 10.8 Å². The van der Waals surface area contributed by atoms with Crippen molar-refractivity contribution in [1.29, 1.82) is 0 Å². The van der Waals surface area contributed by atoms with Gasteiger partial charge in [-0.25, -0.2) is 4.98 Å². The summed E-state index contributed by atoms with van der Waals surface area (Å²) in [5.41, 5.74) is 2.40. The van der Waals surface area contributed by atoms with E-state index in [0.29, 0.717) is 23.3 Å². The van der Waals surface area contributed by atoms with Gasteiger partial charge in [-0.1, -0.05) is 11.3 Å². The van der Waals surface area contributed by atoms with Crippen LogP contribution in [-0.4, -0.2) is 41.0 Å². The number of rotatable bonds is 4. The molecule has 0 saturated carbocycles. The summed E-state index contributed by atoms with van der Waals surface area (Å²) < 4.78 is 5.68. The number of piperidine rings is 3.